The van der Waals surface area contributed by atoms with E-state index in [4.69, 9.17) is 10.5 Å². The number of nitrogens with two attached hydrogens (primary N) is 1. The number of aryl methyl sites for hydroxylation is 1. The molecule has 2 aromatic heterocycles. The molecular formula is C14H17NO2S2. The molecule has 0 aliphatic heterocycles. The topological polar surface area (TPSA) is 52.3 Å². The lowest BCUT2D eigenvalue weighted by molar-refractivity contribution is 0.0461. The molecule has 0 bridgehead atoms. The zero-order valence-electron chi connectivity index (χ0n) is 11.2. The van der Waals surface area contributed by atoms with Gasteiger partial charge in [-0.15, -0.1) is 22.7 Å². The maximum Gasteiger partial charge on any atom is 0.341 e. The van der Waals surface area contributed by atoms with Gasteiger partial charge in [-0.2, -0.15) is 0 Å². The van der Waals surface area contributed by atoms with Crippen LogP contribution in [0.5, 0.6) is 0 Å². The van der Waals surface area contributed by atoms with Gasteiger partial charge < -0.3 is 10.5 Å². The van der Waals surface area contributed by atoms with Gasteiger partial charge in [0.25, 0.3) is 0 Å². The first-order chi connectivity index (χ1) is 9.00. The van der Waals surface area contributed by atoms with Crippen molar-refractivity contribution < 1.29 is 9.53 Å². The fraction of sp³-hybridized carbons (Fsp3) is 0.357. The summed E-state index contributed by atoms with van der Waals surface area (Å²) in [5.41, 5.74) is 7.42. The minimum atomic E-state index is -0.320. The van der Waals surface area contributed by atoms with Crippen molar-refractivity contribution in [2.24, 2.45) is 5.92 Å². The van der Waals surface area contributed by atoms with Gasteiger partial charge in [0, 0.05) is 15.3 Å². The SMILES string of the molecule is Cc1sc(N)c(C(=O)OCC(C)C)c1-c1cccs1. The number of esters is 1. The minimum Gasteiger partial charge on any atom is -0.462 e. The van der Waals surface area contributed by atoms with Gasteiger partial charge in [-0.1, -0.05) is 19.9 Å². The van der Waals surface area contributed by atoms with E-state index in [0.717, 1.165) is 15.3 Å². The van der Waals surface area contributed by atoms with Crippen LogP contribution in [0, 0.1) is 12.8 Å². The summed E-state index contributed by atoms with van der Waals surface area (Å²) in [6.45, 7) is 6.41. The molecule has 0 aliphatic carbocycles. The Labute approximate surface area is 121 Å². The van der Waals surface area contributed by atoms with Crippen molar-refractivity contribution in [1.29, 1.82) is 0 Å². The first-order valence-corrected chi connectivity index (χ1v) is 7.80. The van der Waals surface area contributed by atoms with Crippen LogP contribution in [0.25, 0.3) is 10.4 Å². The molecule has 2 aromatic rings. The first kappa shape index (κ1) is 14.1. The minimum absolute atomic E-state index is 0.315. The molecule has 0 saturated heterocycles. The lowest BCUT2D eigenvalue weighted by atomic mass is 10.1. The second kappa shape index (κ2) is 5.75. The number of ether oxygens (including phenoxy) is 1. The summed E-state index contributed by atoms with van der Waals surface area (Å²) >= 11 is 3.04. The van der Waals surface area contributed by atoms with Crippen LogP contribution < -0.4 is 5.73 Å². The van der Waals surface area contributed by atoms with Crippen molar-refractivity contribution in [3.8, 4) is 10.4 Å². The van der Waals surface area contributed by atoms with Crippen molar-refractivity contribution in [3.63, 3.8) is 0 Å². The summed E-state index contributed by atoms with van der Waals surface area (Å²) in [5, 5.41) is 2.53. The van der Waals surface area contributed by atoms with E-state index in [1.165, 1.54) is 11.3 Å². The van der Waals surface area contributed by atoms with E-state index in [0.29, 0.717) is 23.1 Å². The number of carbonyl (C=O) groups is 1. The van der Waals surface area contributed by atoms with E-state index in [9.17, 15) is 4.79 Å². The maximum absolute atomic E-state index is 12.2. The van der Waals surface area contributed by atoms with Gasteiger partial charge in [0.15, 0.2) is 0 Å². The first-order valence-electron chi connectivity index (χ1n) is 6.10. The van der Waals surface area contributed by atoms with Crippen molar-refractivity contribution in [2.75, 3.05) is 12.3 Å². The molecule has 0 fully saturated rings. The second-order valence-corrected chi connectivity index (χ2v) is 6.95. The van der Waals surface area contributed by atoms with E-state index in [1.807, 2.05) is 38.3 Å². The normalized spacial score (nSPS) is 10.9. The molecule has 0 spiro atoms. The lowest BCUT2D eigenvalue weighted by Crippen LogP contribution is -2.11. The van der Waals surface area contributed by atoms with Gasteiger partial charge in [-0.3, -0.25) is 0 Å². The molecule has 5 heteroatoms. The monoisotopic (exact) mass is 295 g/mol. The molecule has 3 nitrogen and oxygen atoms in total. The molecule has 19 heavy (non-hydrogen) atoms. The predicted molar refractivity (Wildman–Crippen MR) is 81.9 cm³/mol. The number of thiophene rings is 2. The van der Waals surface area contributed by atoms with Crippen molar-refractivity contribution in [3.05, 3.63) is 28.0 Å². The average Bonchev–Trinajstić information content (AvgIpc) is 2.93. The third kappa shape index (κ3) is 2.98. The summed E-state index contributed by atoms with van der Waals surface area (Å²) in [5.74, 6) is -0.00551. The third-order valence-corrected chi connectivity index (χ3v) is 4.45. The molecule has 0 saturated carbocycles. The van der Waals surface area contributed by atoms with Crippen molar-refractivity contribution in [2.45, 2.75) is 20.8 Å². The van der Waals surface area contributed by atoms with Crippen molar-refractivity contribution in [1.82, 2.24) is 0 Å². The van der Waals surface area contributed by atoms with Gasteiger partial charge in [0.2, 0.25) is 0 Å². The Morgan fingerprint density at radius 2 is 2.21 bits per heavy atom. The van der Waals surface area contributed by atoms with Gasteiger partial charge in [0.1, 0.15) is 10.6 Å². The molecule has 2 heterocycles. The Morgan fingerprint density at radius 1 is 1.47 bits per heavy atom. The average molecular weight is 295 g/mol. The molecule has 0 atom stereocenters. The lowest BCUT2D eigenvalue weighted by Gasteiger charge is -2.08. The fourth-order valence-corrected chi connectivity index (χ4v) is 3.63. The summed E-state index contributed by atoms with van der Waals surface area (Å²) in [6, 6.07) is 3.97. The molecular weight excluding hydrogens is 278 g/mol. The Kier molecular flexibility index (Phi) is 4.27. The number of nitrogen functional groups attached to an aromatic ring is 1. The van der Waals surface area contributed by atoms with Crippen LogP contribution in [-0.4, -0.2) is 12.6 Å². The Hall–Kier alpha value is -1.33. The zero-order valence-corrected chi connectivity index (χ0v) is 12.9. The quantitative estimate of drug-likeness (QED) is 0.861. The van der Waals surface area contributed by atoms with Crippen molar-refractivity contribution >= 4 is 33.6 Å². The van der Waals surface area contributed by atoms with Crippen LogP contribution in [0.4, 0.5) is 5.00 Å². The van der Waals surface area contributed by atoms with Gasteiger partial charge >= 0.3 is 5.97 Å². The van der Waals surface area contributed by atoms with E-state index >= 15 is 0 Å². The molecule has 102 valence electrons. The van der Waals surface area contributed by atoms with Crippen LogP contribution in [-0.2, 0) is 4.74 Å². The number of rotatable bonds is 4. The molecule has 2 rings (SSSR count). The van der Waals surface area contributed by atoms with Crippen LogP contribution in [0.15, 0.2) is 17.5 Å². The highest BCUT2D eigenvalue weighted by molar-refractivity contribution is 7.18. The largest absolute Gasteiger partial charge is 0.462 e. The summed E-state index contributed by atoms with van der Waals surface area (Å²) in [4.78, 5) is 14.3. The highest BCUT2D eigenvalue weighted by atomic mass is 32.1. The highest BCUT2D eigenvalue weighted by Gasteiger charge is 2.23. The van der Waals surface area contributed by atoms with Gasteiger partial charge in [0.05, 0.1) is 6.61 Å². The number of anilines is 1. The Balaban J connectivity index is 2.37. The Bertz CT molecular complexity index is 571. The number of hydrogen-bond acceptors (Lipinski definition) is 5. The molecule has 0 radical (unpaired) electrons. The predicted octanol–water partition coefficient (Wildman–Crippen LogP) is 4.18. The maximum atomic E-state index is 12.2. The van der Waals surface area contributed by atoms with Crippen LogP contribution >= 0.6 is 22.7 Å². The smallest absolute Gasteiger partial charge is 0.341 e. The van der Waals surface area contributed by atoms with Crippen LogP contribution in [0.2, 0.25) is 0 Å². The van der Waals surface area contributed by atoms with Gasteiger partial charge in [-0.25, -0.2) is 4.79 Å². The number of carbonyl (C=O) groups excluding carboxylic acids is 1. The van der Waals surface area contributed by atoms with Crippen LogP contribution in [0.3, 0.4) is 0 Å². The standard InChI is InChI=1S/C14H17NO2S2/c1-8(2)7-17-14(16)12-11(9(3)19-13(12)15)10-5-4-6-18-10/h4-6,8H,7,15H2,1-3H3. The second-order valence-electron chi connectivity index (χ2n) is 4.74. The number of hydrogen-bond donors (Lipinski definition) is 1. The zero-order chi connectivity index (χ0) is 14.0. The van der Waals surface area contributed by atoms with E-state index in [1.54, 1.807) is 11.3 Å². The van der Waals surface area contributed by atoms with E-state index in [2.05, 4.69) is 0 Å². The summed E-state index contributed by atoms with van der Waals surface area (Å²) < 4.78 is 5.31. The molecule has 2 N–H and O–H groups in total. The molecule has 0 amide bonds. The molecule has 0 aliphatic rings. The molecule has 0 aromatic carbocycles. The van der Waals surface area contributed by atoms with E-state index in [-0.39, 0.29) is 5.97 Å². The van der Waals surface area contributed by atoms with E-state index < -0.39 is 0 Å². The third-order valence-electron chi connectivity index (χ3n) is 2.63. The van der Waals surface area contributed by atoms with Gasteiger partial charge in [-0.05, 0) is 24.3 Å². The summed E-state index contributed by atoms with van der Waals surface area (Å²) in [6.07, 6.45) is 0. The fourth-order valence-electron chi connectivity index (χ4n) is 1.80. The Morgan fingerprint density at radius 3 is 2.79 bits per heavy atom. The van der Waals surface area contributed by atoms with Crippen LogP contribution in [0.1, 0.15) is 29.1 Å². The highest BCUT2D eigenvalue weighted by Crippen LogP contribution is 2.40. The summed E-state index contributed by atoms with van der Waals surface area (Å²) in [7, 11) is 0. The molecule has 0 unspecified atom stereocenters.